The normalized spacial score (nSPS) is 14.3. The zero-order valence-corrected chi connectivity index (χ0v) is 20.8. The first kappa shape index (κ1) is 25.1. The Bertz CT molecular complexity index is 1290. The number of hydrogen-bond donors (Lipinski definition) is 1. The van der Waals surface area contributed by atoms with E-state index in [4.69, 9.17) is 9.47 Å². The lowest BCUT2D eigenvalue weighted by molar-refractivity contribution is -0.123. The lowest BCUT2D eigenvalue weighted by Gasteiger charge is -2.13. The summed E-state index contributed by atoms with van der Waals surface area (Å²) in [7, 11) is 0. The van der Waals surface area contributed by atoms with Crippen LogP contribution in [0, 0.1) is 6.92 Å². The molecule has 0 spiro atoms. The van der Waals surface area contributed by atoms with Crippen LogP contribution in [0.4, 0.5) is 10.5 Å². The third-order valence-corrected chi connectivity index (χ3v) is 6.22. The van der Waals surface area contributed by atoms with E-state index < -0.39 is 0 Å². The van der Waals surface area contributed by atoms with Gasteiger partial charge in [0.05, 0.1) is 18.1 Å². The Kier molecular flexibility index (Phi) is 8.07. The summed E-state index contributed by atoms with van der Waals surface area (Å²) in [6.45, 7) is 4.26. The van der Waals surface area contributed by atoms with E-state index in [1.165, 1.54) is 4.90 Å². The van der Waals surface area contributed by atoms with Crippen molar-refractivity contribution in [1.82, 2.24) is 4.90 Å². The number of nitrogens with zero attached hydrogens (tertiary/aromatic N) is 1. The molecule has 0 saturated carbocycles. The number of para-hydroxylation sites is 1. The van der Waals surface area contributed by atoms with Crippen molar-refractivity contribution in [3.63, 3.8) is 0 Å². The van der Waals surface area contributed by atoms with Gasteiger partial charge >= 0.3 is 0 Å². The molecule has 1 fully saturated rings. The highest BCUT2D eigenvalue weighted by atomic mass is 32.2. The highest BCUT2D eigenvalue weighted by Crippen LogP contribution is 2.35. The van der Waals surface area contributed by atoms with E-state index in [0.717, 1.165) is 22.9 Å². The van der Waals surface area contributed by atoms with Crippen molar-refractivity contribution in [3.05, 3.63) is 94.4 Å². The third kappa shape index (κ3) is 6.34. The van der Waals surface area contributed by atoms with Crippen molar-refractivity contribution in [2.45, 2.75) is 20.4 Å². The van der Waals surface area contributed by atoms with Crippen LogP contribution in [0.2, 0.25) is 0 Å². The van der Waals surface area contributed by atoms with Crippen LogP contribution in [0.3, 0.4) is 0 Å². The quantitative estimate of drug-likeness (QED) is 0.381. The predicted octanol–water partition coefficient (Wildman–Crippen LogP) is 5.65. The molecule has 7 nitrogen and oxygen atoms in total. The second kappa shape index (κ2) is 11.6. The Hall–Kier alpha value is -4.04. The highest BCUT2D eigenvalue weighted by Gasteiger charge is 2.35. The van der Waals surface area contributed by atoms with Crippen molar-refractivity contribution in [1.29, 1.82) is 0 Å². The number of ether oxygens (including phenoxy) is 2. The maximum Gasteiger partial charge on any atom is 0.293 e. The molecule has 1 aliphatic heterocycles. The summed E-state index contributed by atoms with van der Waals surface area (Å²) in [6, 6.07) is 22.0. The zero-order valence-electron chi connectivity index (χ0n) is 20.0. The first-order valence-corrected chi connectivity index (χ1v) is 12.3. The van der Waals surface area contributed by atoms with Crippen LogP contribution in [0.15, 0.2) is 77.7 Å². The topological polar surface area (TPSA) is 84.9 Å². The van der Waals surface area contributed by atoms with Crippen molar-refractivity contribution in [2.24, 2.45) is 0 Å². The second-order valence-electron chi connectivity index (χ2n) is 8.10. The van der Waals surface area contributed by atoms with Crippen LogP contribution in [-0.2, 0) is 16.1 Å². The van der Waals surface area contributed by atoms with Crippen molar-refractivity contribution >= 4 is 40.6 Å². The molecule has 0 atom stereocenters. The van der Waals surface area contributed by atoms with Gasteiger partial charge in [0.25, 0.3) is 17.1 Å². The molecule has 0 bridgehead atoms. The number of imide groups is 1. The average Bonchev–Trinajstić information content (AvgIpc) is 3.13. The van der Waals surface area contributed by atoms with E-state index in [9.17, 15) is 14.4 Å². The van der Waals surface area contributed by atoms with E-state index in [1.807, 2.05) is 56.3 Å². The lowest BCUT2D eigenvalue weighted by Crippen LogP contribution is -2.27. The summed E-state index contributed by atoms with van der Waals surface area (Å²) in [6.07, 6.45) is 1.66. The number of carbonyl (C=O) groups is 3. The monoisotopic (exact) mass is 502 g/mol. The Balaban J connectivity index is 1.44. The lowest BCUT2D eigenvalue weighted by atomic mass is 10.1. The molecular weight excluding hydrogens is 476 g/mol. The van der Waals surface area contributed by atoms with Gasteiger partial charge in [-0.05, 0) is 67.1 Å². The number of rotatable bonds is 9. The Morgan fingerprint density at radius 3 is 2.44 bits per heavy atom. The third-order valence-electron chi connectivity index (χ3n) is 5.32. The van der Waals surface area contributed by atoms with Gasteiger partial charge in [-0.2, -0.15) is 0 Å². The van der Waals surface area contributed by atoms with Crippen molar-refractivity contribution in [2.75, 3.05) is 18.5 Å². The van der Waals surface area contributed by atoms with Gasteiger partial charge in [0.15, 0.2) is 18.1 Å². The molecule has 3 amide bonds. The number of anilines is 1. The molecule has 1 N–H and O–H groups in total. The van der Waals surface area contributed by atoms with Gasteiger partial charge in [0.2, 0.25) is 0 Å². The summed E-state index contributed by atoms with van der Waals surface area (Å²) in [4.78, 5) is 39.2. The van der Waals surface area contributed by atoms with E-state index >= 15 is 0 Å². The summed E-state index contributed by atoms with van der Waals surface area (Å²) in [5, 5.41) is 2.46. The standard InChI is InChI=1S/C28H26N2O5S/c1-3-34-24-15-21(13-14-23(24)35-18-26(31)29-22-7-5-4-6-8-22)16-25-27(32)30(28(33)36-25)17-20-11-9-19(2)10-12-20/h4-16H,3,17-18H2,1-2H3,(H,29,31)/b25-16-. The smallest absolute Gasteiger partial charge is 0.293 e. The maximum absolute atomic E-state index is 12.9. The van der Waals surface area contributed by atoms with Crippen LogP contribution >= 0.6 is 11.8 Å². The minimum atomic E-state index is -0.332. The molecule has 0 radical (unpaired) electrons. The van der Waals surface area contributed by atoms with E-state index in [0.29, 0.717) is 34.3 Å². The van der Waals surface area contributed by atoms with Gasteiger partial charge in [0.1, 0.15) is 0 Å². The molecule has 184 valence electrons. The number of hydrogen-bond acceptors (Lipinski definition) is 6. The number of nitrogens with one attached hydrogen (secondary N) is 1. The Labute approximate surface area is 214 Å². The summed E-state index contributed by atoms with van der Waals surface area (Å²) >= 11 is 0.911. The molecule has 1 heterocycles. The summed E-state index contributed by atoms with van der Waals surface area (Å²) in [5.41, 5.74) is 3.37. The minimum Gasteiger partial charge on any atom is -0.490 e. The van der Waals surface area contributed by atoms with Gasteiger partial charge in [-0.3, -0.25) is 19.3 Å². The van der Waals surface area contributed by atoms with Crippen LogP contribution < -0.4 is 14.8 Å². The van der Waals surface area contributed by atoms with Crippen LogP contribution in [0.1, 0.15) is 23.6 Å². The molecule has 36 heavy (non-hydrogen) atoms. The fraction of sp³-hybridized carbons (Fsp3) is 0.179. The van der Waals surface area contributed by atoms with Gasteiger partial charge < -0.3 is 14.8 Å². The summed E-state index contributed by atoms with van der Waals surface area (Å²) in [5.74, 6) is 0.221. The molecule has 3 aromatic rings. The first-order chi connectivity index (χ1) is 17.4. The van der Waals surface area contributed by atoms with Gasteiger partial charge in [0, 0.05) is 5.69 Å². The molecule has 8 heteroatoms. The van der Waals surface area contributed by atoms with Crippen LogP contribution in [0.5, 0.6) is 11.5 Å². The van der Waals surface area contributed by atoms with Crippen molar-refractivity contribution < 1.29 is 23.9 Å². The molecule has 3 aromatic carbocycles. The number of carbonyl (C=O) groups excluding carboxylic acids is 3. The molecule has 0 aromatic heterocycles. The minimum absolute atomic E-state index is 0.188. The van der Waals surface area contributed by atoms with Crippen molar-refractivity contribution in [3.8, 4) is 11.5 Å². The van der Waals surface area contributed by atoms with Crippen LogP contribution in [0.25, 0.3) is 6.08 Å². The SMILES string of the molecule is CCOc1cc(/C=C2\SC(=O)N(Cc3ccc(C)cc3)C2=O)ccc1OCC(=O)Nc1ccccc1. The fourth-order valence-electron chi connectivity index (χ4n) is 3.53. The Morgan fingerprint density at radius 2 is 1.72 bits per heavy atom. The number of thioether (sulfide) groups is 1. The zero-order chi connectivity index (χ0) is 25.5. The van der Waals surface area contributed by atoms with E-state index in [1.54, 1.807) is 36.4 Å². The summed E-state index contributed by atoms with van der Waals surface area (Å²) < 4.78 is 11.4. The Morgan fingerprint density at radius 1 is 0.972 bits per heavy atom. The predicted molar refractivity (Wildman–Crippen MR) is 141 cm³/mol. The van der Waals surface area contributed by atoms with E-state index in [2.05, 4.69) is 5.32 Å². The fourth-order valence-corrected chi connectivity index (χ4v) is 4.37. The van der Waals surface area contributed by atoms with E-state index in [-0.39, 0.29) is 30.2 Å². The number of amides is 3. The van der Waals surface area contributed by atoms with Gasteiger partial charge in [-0.25, -0.2) is 0 Å². The van der Waals surface area contributed by atoms with Gasteiger partial charge in [-0.15, -0.1) is 0 Å². The number of benzene rings is 3. The van der Waals surface area contributed by atoms with Gasteiger partial charge in [-0.1, -0.05) is 54.1 Å². The molecule has 0 aliphatic carbocycles. The first-order valence-electron chi connectivity index (χ1n) is 11.5. The molecule has 4 rings (SSSR count). The number of aryl methyl sites for hydroxylation is 1. The average molecular weight is 503 g/mol. The molecular formula is C28H26N2O5S. The highest BCUT2D eigenvalue weighted by molar-refractivity contribution is 8.18. The largest absolute Gasteiger partial charge is 0.490 e. The molecule has 1 saturated heterocycles. The maximum atomic E-state index is 12.9. The molecule has 0 unspecified atom stereocenters. The van der Waals surface area contributed by atoms with Crippen LogP contribution in [-0.4, -0.2) is 35.2 Å². The molecule has 1 aliphatic rings. The second-order valence-corrected chi connectivity index (χ2v) is 9.09.